The first-order valence-electron chi connectivity index (χ1n) is 19.6. The topological polar surface area (TPSA) is 35.0 Å². The van der Waals surface area contributed by atoms with Crippen molar-refractivity contribution >= 4 is 0 Å². The summed E-state index contributed by atoms with van der Waals surface area (Å²) in [5.74, 6) is 5.22. The van der Waals surface area contributed by atoms with E-state index in [1.165, 1.54) is 152 Å². The molecule has 252 valence electrons. The number of aryl methyl sites for hydroxylation is 2. The van der Waals surface area contributed by atoms with E-state index in [2.05, 4.69) is 39.8 Å². The molecule has 0 amide bonds. The lowest BCUT2D eigenvalue weighted by Gasteiger charge is -2.29. The van der Waals surface area contributed by atoms with Gasteiger partial charge in [-0.15, -0.1) is 0 Å². The number of unbranched alkanes of at least 4 members (excludes halogenated alkanes) is 10. The van der Waals surface area contributed by atoms with Gasteiger partial charge in [-0.25, -0.2) is 0 Å². The van der Waals surface area contributed by atoms with Crippen molar-refractivity contribution in [3.8, 4) is 11.5 Å². The molecule has 2 fully saturated rings. The Labute approximate surface area is 278 Å². The highest BCUT2D eigenvalue weighted by Crippen LogP contribution is 2.37. The van der Waals surface area contributed by atoms with Gasteiger partial charge in [0.25, 0.3) is 0 Å². The van der Waals surface area contributed by atoms with Crippen molar-refractivity contribution in [1.29, 1.82) is 0 Å². The van der Waals surface area contributed by atoms with Crippen LogP contribution < -0.4 is 4.74 Å². The number of pyridine rings is 2. The summed E-state index contributed by atoms with van der Waals surface area (Å²) in [4.78, 5) is 9.52. The van der Waals surface area contributed by atoms with Gasteiger partial charge in [0.2, 0.25) is 0 Å². The van der Waals surface area contributed by atoms with Gasteiger partial charge >= 0.3 is 0 Å². The summed E-state index contributed by atoms with van der Waals surface area (Å²) in [7, 11) is 0. The summed E-state index contributed by atoms with van der Waals surface area (Å²) < 4.78 is 6.42. The molecule has 0 N–H and O–H groups in total. The standard InChI is InChI=1S/C42H68N2O/c1-5-7-9-11-13-15-17-35-19-23-37(24-20-35)27-39-29-41(31-43-33(39)3)45-42-30-40(34(4)44-32-42)28-38-25-21-36(22-26-38)18-16-14-12-10-8-6-2/h29-32,35-38H,5-28H2,1-4H3. The molecule has 2 saturated carbocycles. The second-order valence-electron chi connectivity index (χ2n) is 15.2. The predicted octanol–water partition coefficient (Wildman–Crippen LogP) is 13.1. The Hall–Kier alpha value is -1.90. The molecule has 0 atom stereocenters. The first-order chi connectivity index (χ1) is 22.0. The molecule has 2 aromatic rings. The van der Waals surface area contributed by atoms with Crippen LogP contribution in [0, 0.1) is 37.5 Å². The Morgan fingerprint density at radius 2 is 0.867 bits per heavy atom. The van der Waals surface area contributed by atoms with Crippen LogP contribution in [0.5, 0.6) is 11.5 Å². The first-order valence-corrected chi connectivity index (χ1v) is 19.6. The fraction of sp³-hybridized carbons (Fsp3) is 0.762. The third-order valence-electron chi connectivity index (χ3n) is 11.5. The van der Waals surface area contributed by atoms with Gasteiger partial charge in [0.15, 0.2) is 0 Å². The third kappa shape index (κ3) is 13.0. The van der Waals surface area contributed by atoms with E-state index < -0.39 is 0 Å². The summed E-state index contributed by atoms with van der Waals surface area (Å²) in [5.41, 5.74) is 5.05. The molecule has 45 heavy (non-hydrogen) atoms. The maximum atomic E-state index is 6.42. The monoisotopic (exact) mass is 617 g/mol. The van der Waals surface area contributed by atoms with Gasteiger partial charge in [-0.3, -0.25) is 9.97 Å². The number of nitrogens with zero attached hydrogens (tertiary/aromatic N) is 2. The van der Waals surface area contributed by atoms with E-state index in [9.17, 15) is 0 Å². The van der Waals surface area contributed by atoms with Gasteiger partial charge in [0.05, 0.1) is 12.4 Å². The maximum absolute atomic E-state index is 6.42. The largest absolute Gasteiger partial charge is 0.454 e. The van der Waals surface area contributed by atoms with Crippen LogP contribution in [0.25, 0.3) is 0 Å². The van der Waals surface area contributed by atoms with E-state index in [0.717, 1.165) is 59.4 Å². The number of aromatic nitrogens is 2. The van der Waals surface area contributed by atoms with Crippen molar-refractivity contribution in [3.63, 3.8) is 0 Å². The van der Waals surface area contributed by atoms with Crippen molar-refractivity contribution in [2.75, 3.05) is 0 Å². The fourth-order valence-corrected chi connectivity index (χ4v) is 8.27. The quantitative estimate of drug-likeness (QED) is 0.139. The Bertz CT molecular complexity index is 995. The average molecular weight is 617 g/mol. The minimum atomic E-state index is 0.787. The number of hydrogen-bond donors (Lipinski definition) is 0. The molecule has 0 bridgehead atoms. The summed E-state index contributed by atoms with van der Waals surface area (Å²) >= 11 is 0. The third-order valence-corrected chi connectivity index (χ3v) is 11.5. The van der Waals surface area contributed by atoms with Crippen LogP contribution in [0.3, 0.4) is 0 Å². The highest BCUT2D eigenvalue weighted by Gasteiger charge is 2.23. The van der Waals surface area contributed by atoms with Crippen molar-refractivity contribution < 1.29 is 4.74 Å². The van der Waals surface area contributed by atoms with Crippen LogP contribution in [0.1, 0.15) is 178 Å². The van der Waals surface area contributed by atoms with E-state index in [1.807, 2.05) is 12.4 Å². The Kier molecular flexibility index (Phi) is 16.3. The fourth-order valence-electron chi connectivity index (χ4n) is 8.27. The van der Waals surface area contributed by atoms with Crippen molar-refractivity contribution in [1.82, 2.24) is 9.97 Å². The van der Waals surface area contributed by atoms with E-state index in [4.69, 9.17) is 14.7 Å². The van der Waals surface area contributed by atoms with Crippen LogP contribution in [-0.2, 0) is 12.8 Å². The minimum absolute atomic E-state index is 0.787. The lowest BCUT2D eigenvalue weighted by molar-refractivity contribution is 0.256. The molecule has 3 heteroatoms. The van der Waals surface area contributed by atoms with Gasteiger partial charge in [-0.2, -0.15) is 0 Å². The van der Waals surface area contributed by atoms with Crippen molar-refractivity contribution in [2.45, 2.75) is 182 Å². The molecule has 0 aliphatic heterocycles. The Balaban J connectivity index is 1.20. The summed E-state index contributed by atoms with van der Waals surface area (Å²) in [6.07, 6.45) is 37.2. The van der Waals surface area contributed by atoms with Crippen LogP contribution >= 0.6 is 0 Å². The highest BCUT2D eigenvalue weighted by atomic mass is 16.5. The summed E-state index contributed by atoms with van der Waals surface area (Å²) in [5, 5.41) is 0. The average Bonchev–Trinajstić information content (AvgIpc) is 3.05. The van der Waals surface area contributed by atoms with Crippen LogP contribution in [0.15, 0.2) is 24.5 Å². The van der Waals surface area contributed by atoms with Crippen LogP contribution in [0.4, 0.5) is 0 Å². The molecule has 2 aliphatic carbocycles. The summed E-state index contributed by atoms with van der Waals surface area (Å²) in [6, 6.07) is 4.52. The van der Waals surface area contributed by atoms with E-state index in [0.29, 0.717) is 0 Å². The molecule has 0 radical (unpaired) electrons. The van der Waals surface area contributed by atoms with Gasteiger partial charge in [-0.1, -0.05) is 129 Å². The molecule has 2 heterocycles. The molecule has 0 spiro atoms. The van der Waals surface area contributed by atoms with Crippen LogP contribution in [0.2, 0.25) is 0 Å². The number of ether oxygens (including phenoxy) is 1. The van der Waals surface area contributed by atoms with Crippen LogP contribution in [-0.4, -0.2) is 9.97 Å². The normalized spacial score (nSPS) is 22.0. The number of hydrogen-bond acceptors (Lipinski definition) is 3. The first kappa shape index (κ1) is 35.9. The molecule has 0 unspecified atom stereocenters. The summed E-state index contributed by atoms with van der Waals surface area (Å²) in [6.45, 7) is 8.94. The van der Waals surface area contributed by atoms with Gasteiger partial charge in [0, 0.05) is 11.4 Å². The highest BCUT2D eigenvalue weighted by molar-refractivity contribution is 5.36. The second-order valence-corrected chi connectivity index (χ2v) is 15.2. The molecule has 3 nitrogen and oxygen atoms in total. The zero-order chi connectivity index (χ0) is 31.7. The maximum Gasteiger partial charge on any atom is 0.146 e. The smallest absolute Gasteiger partial charge is 0.146 e. The Morgan fingerprint density at radius 3 is 1.27 bits per heavy atom. The molecular weight excluding hydrogens is 548 g/mol. The lowest BCUT2D eigenvalue weighted by atomic mass is 9.77. The molecule has 4 rings (SSSR count). The molecule has 0 saturated heterocycles. The molecular formula is C42H68N2O. The van der Waals surface area contributed by atoms with E-state index in [-0.39, 0.29) is 0 Å². The van der Waals surface area contributed by atoms with Crippen molar-refractivity contribution in [2.24, 2.45) is 23.7 Å². The van der Waals surface area contributed by atoms with Gasteiger partial charge in [-0.05, 0) is 99.3 Å². The SMILES string of the molecule is CCCCCCCCC1CCC(Cc2cc(Oc3cnc(C)c(CC4CCC(CCCCCCCC)CC4)c3)cnc2C)CC1. The van der Waals surface area contributed by atoms with E-state index in [1.54, 1.807) is 0 Å². The zero-order valence-electron chi connectivity index (χ0n) is 29.9. The Morgan fingerprint density at radius 1 is 0.511 bits per heavy atom. The second kappa shape index (κ2) is 20.4. The van der Waals surface area contributed by atoms with Crippen molar-refractivity contribution in [3.05, 3.63) is 47.0 Å². The molecule has 0 aromatic carbocycles. The van der Waals surface area contributed by atoms with Gasteiger partial charge in [0.1, 0.15) is 11.5 Å². The number of rotatable bonds is 20. The van der Waals surface area contributed by atoms with Gasteiger partial charge < -0.3 is 4.74 Å². The zero-order valence-corrected chi connectivity index (χ0v) is 29.9. The lowest BCUT2D eigenvalue weighted by Crippen LogP contribution is -2.17. The van der Waals surface area contributed by atoms with E-state index >= 15 is 0 Å². The predicted molar refractivity (Wildman–Crippen MR) is 192 cm³/mol. The molecule has 2 aromatic heterocycles. The minimum Gasteiger partial charge on any atom is -0.454 e. The molecule has 2 aliphatic rings.